The lowest BCUT2D eigenvalue weighted by atomic mass is 9.95. The highest BCUT2D eigenvalue weighted by atomic mass is 32.2. The Morgan fingerprint density at radius 3 is 2.62 bits per heavy atom. The van der Waals surface area contributed by atoms with Gasteiger partial charge in [-0.25, -0.2) is 17.5 Å². The van der Waals surface area contributed by atoms with Crippen molar-refractivity contribution in [2.75, 3.05) is 26.5 Å². The van der Waals surface area contributed by atoms with Crippen LogP contribution < -0.4 is 4.74 Å². The van der Waals surface area contributed by atoms with E-state index >= 15 is 0 Å². The number of nitrogens with zero attached hydrogens (tertiary/aromatic N) is 3. The van der Waals surface area contributed by atoms with E-state index in [0.717, 1.165) is 48.9 Å². The molecule has 4 rings (SSSR count). The molecular weight excluding hydrogens is 457 g/mol. The van der Waals surface area contributed by atoms with Gasteiger partial charge in [0.2, 0.25) is 0 Å². The van der Waals surface area contributed by atoms with E-state index in [2.05, 4.69) is 5.10 Å². The second-order valence-electron chi connectivity index (χ2n) is 8.54. The van der Waals surface area contributed by atoms with Gasteiger partial charge >= 0.3 is 0 Å². The van der Waals surface area contributed by atoms with Crippen molar-refractivity contribution in [2.45, 2.75) is 37.0 Å². The first-order valence-corrected chi connectivity index (χ1v) is 13.2. The number of benzene rings is 2. The molecule has 180 valence electrons. The number of aromatic nitrogens is 2. The normalized spacial score (nSPS) is 13.4. The van der Waals surface area contributed by atoms with Gasteiger partial charge < -0.3 is 9.64 Å². The Balaban J connectivity index is 1.41. The summed E-state index contributed by atoms with van der Waals surface area (Å²) in [5.74, 6) is 0.00757. The minimum absolute atomic E-state index is 0.155. The van der Waals surface area contributed by atoms with Crippen molar-refractivity contribution in [3.8, 4) is 11.4 Å². The number of carbonyl (C=O) groups is 1. The van der Waals surface area contributed by atoms with Crippen LogP contribution in [-0.4, -0.2) is 55.5 Å². The Morgan fingerprint density at radius 1 is 1.15 bits per heavy atom. The zero-order chi connectivity index (χ0) is 24.3. The summed E-state index contributed by atoms with van der Waals surface area (Å²) in [5.41, 5.74) is 3.18. The van der Waals surface area contributed by atoms with Gasteiger partial charge in [0.05, 0.1) is 17.2 Å². The van der Waals surface area contributed by atoms with Gasteiger partial charge in [0.25, 0.3) is 5.91 Å². The van der Waals surface area contributed by atoms with Gasteiger partial charge in [0.15, 0.2) is 15.5 Å². The third-order valence-corrected chi connectivity index (χ3v) is 7.05. The maximum absolute atomic E-state index is 13.4. The molecule has 0 saturated heterocycles. The molecule has 1 aliphatic carbocycles. The molecule has 0 unspecified atom stereocenters. The molecule has 0 atom stereocenters. The molecule has 0 spiro atoms. The predicted molar refractivity (Wildman–Crippen MR) is 127 cm³/mol. The number of sulfone groups is 1. The lowest BCUT2D eigenvalue weighted by molar-refractivity contribution is 0.0780. The number of fused-ring (bicyclic) bond motifs is 1. The Labute approximate surface area is 199 Å². The topological polar surface area (TPSA) is 81.5 Å². The molecule has 9 heteroatoms. The average Bonchev–Trinajstić information content (AvgIpc) is 3.21. The number of carbonyl (C=O) groups excluding carboxylic acids is 1. The van der Waals surface area contributed by atoms with Crippen LogP contribution >= 0.6 is 0 Å². The van der Waals surface area contributed by atoms with Gasteiger partial charge in [-0.3, -0.25) is 4.79 Å². The number of hydrogen-bond acceptors (Lipinski definition) is 5. The minimum Gasteiger partial charge on any atom is -0.493 e. The third-order valence-electron chi connectivity index (χ3n) is 5.94. The van der Waals surface area contributed by atoms with Gasteiger partial charge in [0, 0.05) is 31.1 Å². The molecule has 0 N–H and O–H groups in total. The van der Waals surface area contributed by atoms with Crippen LogP contribution in [0.3, 0.4) is 0 Å². The summed E-state index contributed by atoms with van der Waals surface area (Å²) in [5, 5.41) is 4.64. The fraction of sp³-hybridized carbons (Fsp3) is 0.360. The predicted octanol–water partition coefficient (Wildman–Crippen LogP) is 3.83. The van der Waals surface area contributed by atoms with E-state index in [0.29, 0.717) is 31.0 Å². The monoisotopic (exact) mass is 485 g/mol. The molecule has 2 aromatic carbocycles. The largest absolute Gasteiger partial charge is 0.493 e. The van der Waals surface area contributed by atoms with E-state index < -0.39 is 9.84 Å². The van der Waals surface area contributed by atoms with E-state index in [1.54, 1.807) is 40.9 Å². The van der Waals surface area contributed by atoms with E-state index in [4.69, 9.17) is 4.74 Å². The Morgan fingerprint density at radius 2 is 1.88 bits per heavy atom. The summed E-state index contributed by atoms with van der Waals surface area (Å²) < 4.78 is 44.2. The zero-order valence-electron chi connectivity index (χ0n) is 19.3. The van der Waals surface area contributed by atoms with Crippen molar-refractivity contribution < 1.29 is 22.3 Å². The number of rotatable bonds is 8. The lowest BCUT2D eigenvalue weighted by Crippen LogP contribution is -2.30. The molecule has 1 amide bonds. The van der Waals surface area contributed by atoms with E-state index in [-0.39, 0.29) is 16.6 Å². The molecule has 0 radical (unpaired) electrons. The van der Waals surface area contributed by atoms with Crippen LogP contribution in [0.2, 0.25) is 0 Å². The highest BCUT2D eigenvalue weighted by Gasteiger charge is 2.27. The maximum Gasteiger partial charge on any atom is 0.274 e. The van der Waals surface area contributed by atoms with Gasteiger partial charge in [-0.2, -0.15) is 5.10 Å². The summed E-state index contributed by atoms with van der Waals surface area (Å²) in [6.45, 7) is 0.801. The molecule has 1 heterocycles. The zero-order valence-corrected chi connectivity index (χ0v) is 20.1. The van der Waals surface area contributed by atoms with Gasteiger partial charge in [-0.1, -0.05) is 6.07 Å². The number of amides is 1. The second kappa shape index (κ2) is 9.97. The molecule has 3 aromatic rings. The molecular formula is C25H28FN3O4S. The summed E-state index contributed by atoms with van der Waals surface area (Å²) in [6, 6.07) is 12.5. The van der Waals surface area contributed by atoms with Gasteiger partial charge in [0.1, 0.15) is 11.6 Å². The van der Waals surface area contributed by atoms with Crippen molar-refractivity contribution in [1.29, 1.82) is 0 Å². The standard InChI is InChI=1S/C25H28FN3O4S/c1-28(15-6-16-33-20-7-5-8-21(17-20)34(2,31)32)25(30)24-22-9-3-4-10-23(22)29(27-24)19-13-11-18(26)12-14-19/h5,7-8,11-14,17H,3-4,6,9-10,15-16H2,1-2H3. The van der Waals surface area contributed by atoms with E-state index in [9.17, 15) is 17.6 Å². The molecule has 7 nitrogen and oxygen atoms in total. The Hall–Kier alpha value is -3.20. The van der Waals surface area contributed by atoms with Crippen LogP contribution in [0.1, 0.15) is 41.0 Å². The molecule has 1 aliphatic rings. The molecule has 1 aromatic heterocycles. The van der Waals surface area contributed by atoms with Crippen molar-refractivity contribution in [1.82, 2.24) is 14.7 Å². The third kappa shape index (κ3) is 5.30. The summed E-state index contributed by atoms with van der Waals surface area (Å²) in [4.78, 5) is 15.1. The van der Waals surface area contributed by atoms with Crippen LogP contribution in [0.25, 0.3) is 5.69 Å². The first-order chi connectivity index (χ1) is 16.2. The molecule has 0 saturated carbocycles. The SMILES string of the molecule is CN(CCCOc1cccc(S(C)(=O)=O)c1)C(=O)c1nn(-c2ccc(F)cc2)c2c1CCCC2. The Bertz CT molecular complexity index is 1290. The average molecular weight is 486 g/mol. The number of halogens is 1. The van der Waals surface area contributed by atoms with Crippen molar-refractivity contribution in [2.24, 2.45) is 0 Å². The van der Waals surface area contributed by atoms with Crippen LogP contribution in [0, 0.1) is 5.82 Å². The molecule has 0 bridgehead atoms. The fourth-order valence-electron chi connectivity index (χ4n) is 4.14. The van der Waals surface area contributed by atoms with Crippen molar-refractivity contribution >= 4 is 15.7 Å². The Kier molecular flexibility index (Phi) is 7.02. The van der Waals surface area contributed by atoms with Crippen LogP contribution in [-0.2, 0) is 22.7 Å². The number of hydrogen-bond donors (Lipinski definition) is 0. The number of ether oxygens (including phenoxy) is 1. The van der Waals surface area contributed by atoms with Crippen LogP contribution in [0.4, 0.5) is 4.39 Å². The highest BCUT2D eigenvalue weighted by Crippen LogP contribution is 2.28. The quantitative estimate of drug-likeness (QED) is 0.453. The highest BCUT2D eigenvalue weighted by molar-refractivity contribution is 7.90. The molecule has 0 fully saturated rings. The van der Waals surface area contributed by atoms with E-state index in [1.165, 1.54) is 24.3 Å². The smallest absolute Gasteiger partial charge is 0.274 e. The van der Waals surface area contributed by atoms with Crippen LogP contribution in [0.5, 0.6) is 5.75 Å². The van der Waals surface area contributed by atoms with Gasteiger partial charge in [-0.15, -0.1) is 0 Å². The van der Waals surface area contributed by atoms with E-state index in [1.807, 2.05) is 0 Å². The summed E-state index contributed by atoms with van der Waals surface area (Å²) in [7, 11) is -1.56. The molecule has 34 heavy (non-hydrogen) atoms. The molecule has 0 aliphatic heterocycles. The van der Waals surface area contributed by atoms with Crippen molar-refractivity contribution in [3.63, 3.8) is 0 Å². The maximum atomic E-state index is 13.4. The second-order valence-corrected chi connectivity index (χ2v) is 10.6. The van der Waals surface area contributed by atoms with Gasteiger partial charge in [-0.05, 0) is 74.6 Å². The first kappa shape index (κ1) is 23.9. The van der Waals surface area contributed by atoms with Crippen LogP contribution in [0.15, 0.2) is 53.4 Å². The van der Waals surface area contributed by atoms with Crippen molar-refractivity contribution in [3.05, 3.63) is 71.3 Å². The summed E-state index contributed by atoms with van der Waals surface area (Å²) >= 11 is 0. The fourth-order valence-corrected chi connectivity index (χ4v) is 4.79. The first-order valence-electron chi connectivity index (χ1n) is 11.3. The minimum atomic E-state index is -3.30. The summed E-state index contributed by atoms with van der Waals surface area (Å²) in [6.07, 6.45) is 5.39. The lowest BCUT2D eigenvalue weighted by Gasteiger charge is -2.18.